The predicted octanol–water partition coefficient (Wildman–Crippen LogP) is 1.25. The highest BCUT2D eigenvalue weighted by atomic mass is 16.5. The third-order valence-corrected chi connectivity index (χ3v) is 5.75. The zero-order chi connectivity index (χ0) is 20.6. The molecule has 2 aliphatic rings. The molecular formula is C22H31N7O. The number of hydrogen-bond acceptors (Lipinski definition) is 6. The SMILES string of the molecule is CN=C(NCC(c1ccccc1)N1CCOCC1)N1CCN(c2ncccn2)CC1. The van der Waals surface area contributed by atoms with E-state index >= 15 is 0 Å². The van der Waals surface area contributed by atoms with Crippen molar-refractivity contribution in [2.75, 3.05) is 71.0 Å². The van der Waals surface area contributed by atoms with E-state index in [4.69, 9.17) is 4.74 Å². The van der Waals surface area contributed by atoms with Gasteiger partial charge in [0.25, 0.3) is 0 Å². The smallest absolute Gasteiger partial charge is 0.225 e. The van der Waals surface area contributed by atoms with Gasteiger partial charge < -0.3 is 19.9 Å². The molecule has 1 aromatic heterocycles. The second-order valence-electron chi connectivity index (χ2n) is 7.53. The summed E-state index contributed by atoms with van der Waals surface area (Å²) >= 11 is 0. The topological polar surface area (TPSA) is 69.1 Å². The normalized spacial score (nSPS) is 19.6. The molecule has 2 aliphatic heterocycles. The molecule has 1 unspecified atom stereocenters. The van der Waals surface area contributed by atoms with Crippen LogP contribution in [0, 0.1) is 0 Å². The van der Waals surface area contributed by atoms with Crippen LogP contribution in [0.4, 0.5) is 5.95 Å². The number of nitrogens with one attached hydrogen (secondary N) is 1. The highest BCUT2D eigenvalue weighted by Gasteiger charge is 2.25. The second kappa shape index (κ2) is 10.4. The van der Waals surface area contributed by atoms with Gasteiger partial charge in [-0.15, -0.1) is 0 Å². The van der Waals surface area contributed by atoms with Crippen molar-refractivity contribution in [2.45, 2.75) is 6.04 Å². The van der Waals surface area contributed by atoms with Crippen molar-refractivity contribution >= 4 is 11.9 Å². The molecule has 2 saturated heterocycles. The Balaban J connectivity index is 1.36. The van der Waals surface area contributed by atoms with Crippen LogP contribution >= 0.6 is 0 Å². The predicted molar refractivity (Wildman–Crippen MR) is 119 cm³/mol. The van der Waals surface area contributed by atoms with Crippen molar-refractivity contribution in [3.05, 3.63) is 54.4 Å². The zero-order valence-electron chi connectivity index (χ0n) is 17.7. The van der Waals surface area contributed by atoms with E-state index in [9.17, 15) is 0 Å². The highest BCUT2D eigenvalue weighted by molar-refractivity contribution is 5.80. The molecule has 0 aliphatic carbocycles. The Morgan fingerprint density at radius 2 is 1.70 bits per heavy atom. The van der Waals surface area contributed by atoms with Gasteiger partial charge in [0.1, 0.15) is 0 Å². The summed E-state index contributed by atoms with van der Waals surface area (Å²) in [5, 5.41) is 3.63. The number of aromatic nitrogens is 2. The molecule has 0 amide bonds. The van der Waals surface area contributed by atoms with Gasteiger partial charge in [-0.25, -0.2) is 9.97 Å². The van der Waals surface area contributed by atoms with Gasteiger partial charge in [-0.05, 0) is 11.6 Å². The van der Waals surface area contributed by atoms with Crippen LogP contribution in [0.15, 0.2) is 53.8 Å². The minimum atomic E-state index is 0.297. The number of nitrogens with zero attached hydrogens (tertiary/aromatic N) is 6. The maximum Gasteiger partial charge on any atom is 0.225 e. The number of hydrogen-bond donors (Lipinski definition) is 1. The first-order chi connectivity index (χ1) is 14.8. The molecule has 1 atom stereocenters. The first kappa shape index (κ1) is 20.6. The van der Waals surface area contributed by atoms with Crippen molar-refractivity contribution in [3.63, 3.8) is 0 Å². The molecule has 0 spiro atoms. The largest absolute Gasteiger partial charge is 0.379 e. The van der Waals surface area contributed by atoms with E-state index in [0.717, 1.165) is 70.9 Å². The van der Waals surface area contributed by atoms with Crippen LogP contribution in [-0.4, -0.2) is 91.8 Å². The Labute approximate surface area is 178 Å². The lowest BCUT2D eigenvalue weighted by atomic mass is 10.0. The van der Waals surface area contributed by atoms with Gasteiger partial charge in [-0.3, -0.25) is 9.89 Å². The van der Waals surface area contributed by atoms with E-state index < -0.39 is 0 Å². The molecule has 30 heavy (non-hydrogen) atoms. The lowest BCUT2D eigenvalue weighted by Crippen LogP contribution is -2.54. The third kappa shape index (κ3) is 5.06. The Morgan fingerprint density at radius 3 is 2.37 bits per heavy atom. The van der Waals surface area contributed by atoms with Gasteiger partial charge >= 0.3 is 0 Å². The fourth-order valence-corrected chi connectivity index (χ4v) is 4.12. The summed E-state index contributed by atoms with van der Waals surface area (Å²) in [5.41, 5.74) is 1.33. The molecule has 8 heteroatoms. The third-order valence-electron chi connectivity index (χ3n) is 5.75. The molecule has 0 saturated carbocycles. The van der Waals surface area contributed by atoms with Gasteiger partial charge in [0.15, 0.2) is 5.96 Å². The Morgan fingerprint density at radius 1 is 1.00 bits per heavy atom. The molecule has 2 fully saturated rings. The molecule has 1 N–H and O–H groups in total. The van der Waals surface area contributed by atoms with Gasteiger partial charge in [-0.2, -0.15) is 0 Å². The summed E-state index contributed by atoms with van der Waals surface area (Å²) < 4.78 is 5.57. The van der Waals surface area contributed by atoms with Crippen LogP contribution in [-0.2, 0) is 4.74 Å². The minimum Gasteiger partial charge on any atom is -0.379 e. The number of aliphatic imine (C=N–C) groups is 1. The summed E-state index contributed by atoms with van der Waals surface area (Å²) in [6, 6.07) is 12.9. The van der Waals surface area contributed by atoms with E-state index in [1.54, 1.807) is 12.4 Å². The van der Waals surface area contributed by atoms with E-state index in [-0.39, 0.29) is 0 Å². The number of piperazine rings is 1. The van der Waals surface area contributed by atoms with Gasteiger partial charge in [0, 0.05) is 65.3 Å². The lowest BCUT2D eigenvalue weighted by Gasteiger charge is -2.38. The Hall–Kier alpha value is -2.71. The summed E-state index contributed by atoms with van der Waals surface area (Å²) in [4.78, 5) is 20.4. The van der Waals surface area contributed by atoms with Gasteiger partial charge in [0.05, 0.1) is 19.3 Å². The maximum absolute atomic E-state index is 5.57. The van der Waals surface area contributed by atoms with E-state index in [1.165, 1.54) is 5.56 Å². The maximum atomic E-state index is 5.57. The standard InChI is InChI=1S/C22H31N7O/c1-23-21(28-10-12-29(13-11-28)22-24-8-5-9-25-22)26-18-20(19-6-3-2-4-7-19)27-14-16-30-17-15-27/h2-9,20H,10-18H2,1H3,(H,23,26). The Bertz CT molecular complexity index is 788. The summed E-state index contributed by atoms with van der Waals surface area (Å²) in [7, 11) is 1.86. The average molecular weight is 410 g/mol. The molecule has 0 bridgehead atoms. The fraction of sp³-hybridized carbons (Fsp3) is 0.500. The first-order valence-electron chi connectivity index (χ1n) is 10.7. The molecule has 4 rings (SSSR count). The van der Waals surface area contributed by atoms with Crippen molar-refractivity contribution in [3.8, 4) is 0 Å². The minimum absolute atomic E-state index is 0.297. The van der Waals surface area contributed by atoms with E-state index in [0.29, 0.717) is 6.04 Å². The molecule has 0 radical (unpaired) electrons. The molecular weight excluding hydrogens is 378 g/mol. The number of benzene rings is 1. The van der Waals surface area contributed by atoms with Gasteiger partial charge in [-0.1, -0.05) is 30.3 Å². The van der Waals surface area contributed by atoms with Crippen LogP contribution < -0.4 is 10.2 Å². The average Bonchev–Trinajstić information content (AvgIpc) is 2.84. The number of guanidine groups is 1. The summed E-state index contributed by atoms with van der Waals surface area (Å²) in [5.74, 6) is 1.76. The monoisotopic (exact) mass is 409 g/mol. The lowest BCUT2D eigenvalue weighted by molar-refractivity contribution is 0.0169. The first-order valence-corrected chi connectivity index (χ1v) is 10.7. The summed E-state index contributed by atoms with van der Waals surface area (Å²) in [6.45, 7) is 7.87. The summed E-state index contributed by atoms with van der Waals surface area (Å²) in [6.07, 6.45) is 3.59. The molecule has 2 aromatic rings. The number of anilines is 1. The van der Waals surface area contributed by atoms with E-state index in [2.05, 4.69) is 65.3 Å². The van der Waals surface area contributed by atoms with E-state index in [1.807, 2.05) is 13.1 Å². The number of ether oxygens (including phenoxy) is 1. The van der Waals surface area contributed by atoms with Crippen LogP contribution in [0.25, 0.3) is 0 Å². The van der Waals surface area contributed by atoms with Crippen LogP contribution in [0.2, 0.25) is 0 Å². The molecule has 160 valence electrons. The van der Waals surface area contributed by atoms with Crippen LogP contribution in [0.1, 0.15) is 11.6 Å². The van der Waals surface area contributed by atoms with Crippen LogP contribution in [0.3, 0.4) is 0 Å². The highest BCUT2D eigenvalue weighted by Crippen LogP contribution is 2.21. The molecule has 8 nitrogen and oxygen atoms in total. The van der Waals surface area contributed by atoms with Crippen molar-refractivity contribution < 1.29 is 4.74 Å². The number of morpholine rings is 1. The molecule has 1 aromatic carbocycles. The molecule has 3 heterocycles. The Kier molecular flexibility index (Phi) is 7.10. The van der Waals surface area contributed by atoms with Gasteiger partial charge in [0.2, 0.25) is 5.95 Å². The van der Waals surface area contributed by atoms with Crippen LogP contribution in [0.5, 0.6) is 0 Å². The number of rotatable bonds is 5. The van der Waals surface area contributed by atoms with Crippen molar-refractivity contribution in [1.82, 2.24) is 25.1 Å². The second-order valence-corrected chi connectivity index (χ2v) is 7.53. The fourth-order valence-electron chi connectivity index (χ4n) is 4.12. The quantitative estimate of drug-likeness (QED) is 0.589. The van der Waals surface area contributed by atoms with Crippen molar-refractivity contribution in [2.24, 2.45) is 4.99 Å². The van der Waals surface area contributed by atoms with Crippen molar-refractivity contribution in [1.29, 1.82) is 0 Å². The zero-order valence-corrected chi connectivity index (χ0v) is 17.7.